The Morgan fingerprint density at radius 2 is 1.84 bits per heavy atom. The summed E-state index contributed by atoms with van der Waals surface area (Å²) in [6.45, 7) is 6.46. The maximum absolute atomic E-state index is 14.8. The summed E-state index contributed by atoms with van der Waals surface area (Å²) in [5.41, 5.74) is 0.692. The fourth-order valence-corrected chi connectivity index (χ4v) is 4.31. The van der Waals surface area contributed by atoms with Gasteiger partial charge in [0.1, 0.15) is 11.3 Å². The summed E-state index contributed by atoms with van der Waals surface area (Å²) in [5.74, 6) is 4.22. The lowest BCUT2D eigenvalue weighted by Crippen LogP contribution is -2.37. The van der Waals surface area contributed by atoms with E-state index in [1.807, 2.05) is 51.1 Å². The Bertz CT molecular complexity index is 1370. The first-order valence-corrected chi connectivity index (χ1v) is 12.7. The number of aromatic nitrogens is 3. The van der Waals surface area contributed by atoms with Crippen LogP contribution in [-0.2, 0) is 4.74 Å². The fraction of sp³-hybridized carbons (Fsp3) is 0.357. The topological polar surface area (TPSA) is 89.4 Å². The number of anilines is 1. The Morgan fingerprint density at radius 1 is 1.11 bits per heavy atom. The number of likely N-dealkylation sites (tertiary alicyclic amines) is 1. The molecule has 8 nitrogen and oxygen atoms in total. The lowest BCUT2D eigenvalue weighted by atomic mass is 10.1. The van der Waals surface area contributed by atoms with Gasteiger partial charge in [-0.2, -0.15) is 5.10 Å². The average Bonchev–Trinajstić information content (AvgIpc) is 3.08. The normalized spacial score (nSPS) is 15.7. The largest absolute Gasteiger partial charge is 0.444 e. The molecule has 1 atom stereocenters. The molecule has 1 aliphatic heterocycles. The Balaban J connectivity index is 1.45. The molecular formula is C28H29ClFN5O3. The Labute approximate surface area is 226 Å². The number of carbonyl (C=O) groups is 2. The number of hydrogen-bond acceptors (Lipinski definition) is 5. The van der Waals surface area contributed by atoms with Gasteiger partial charge >= 0.3 is 6.09 Å². The molecule has 1 fully saturated rings. The molecule has 4 rings (SSSR count). The van der Waals surface area contributed by atoms with Gasteiger partial charge in [-0.15, -0.1) is 0 Å². The summed E-state index contributed by atoms with van der Waals surface area (Å²) in [4.78, 5) is 31.4. The number of nitrogens with zero attached hydrogens (tertiary/aromatic N) is 4. The molecule has 3 heterocycles. The summed E-state index contributed by atoms with van der Waals surface area (Å²) in [7, 11) is 0. The minimum Gasteiger partial charge on any atom is -0.444 e. The van der Waals surface area contributed by atoms with Gasteiger partial charge in [0.25, 0.3) is 5.91 Å². The van der Waals surface area contributed by atoms with Gasteiger partial charge in [0.2, 0.25) is 0 Å². The summed E-state index contributed by atoms with van der Waals surface area (Å²) in [5, 5.41) is 6.96. The zero-order valence-electron chi connectivity index (χ0n) is 21.5. The number of rotatable bonds is 3. The standard InChI is InChI=1S/C28H29ClFN5O3/c1-28(2,3)38-27(37)34-14-7-10-21(13-15-34)35-24(22(29)18-32-35)26(36)33-25-23(30)16-20(17-31-25)12-11-19-8-5-4-6-9-19/h4-6,8-9,16-18,21H,7,10,13-15H2,1-3H3,(H,31,33,36). The molecule has 38 heavy (non-hydrogen) atoms. The fourth-order valence-electron chi connectivity index (χ4n) is 4.09. The number of carbonyl (C=O) groups excluding carboxylic acids is 2. The summed E-state index contributed by atoms with van der Waals surface area (Å²) >= 11 is 6.32. The van der Waals surface area contributed by atoms with Crippen LogP contribution in [0.5, 0.6) is 0 Å². The number of nitrogens with one attached hydrogen (secondary N) is 1. The summed E-state index contributed by atoms with van der Waals surface area (Å²) < 4.78 is 21.8. The highest BCUT2D eigenvalue weighted by Gasteiger charge is 2.29. The highest BCUT2D eigenvalue weighted by atomic mass is 35.5. The molecule has 1 aromatic carbocycles. The molecule has 1 aliphatic rings. The van der Waals surface area contributed by atoms with E-state index >= 15 is 0 Å². The zero-order chi connectivity index (χ0) is 27.3. The van der Waals surface area contributed by atoms with E-state index in [1.165, 1.54) is 18.5 Å². The molecule has 10 heteroatoms. The second-order valence-electron chi connectivity index (χ2n) is 9.96. The van der Waals surface area contributed by atoms with E-state index in [1.54, 1.807) is 9.58 Å². The Kier molecular flexibility index (Phi) is 8.32. The number of benzene rings is 1. The van der Waals surface area contributed by atoms with Gasteiger partial charge in [-0.05, 0) is 58.2 Å². The molecule has 1 unspecified atom stereocenters. The predicted molar refractivity (Wildman–Crippen MR) is 143 cm³/mol. The molecule has 0 saturated carbocycles. The Morgan fingerprint density at radius 3 is 2.55 bits per heavy atom. The first kappa shape index (κ1) is 27.1. The van der Waals surface area contributed by atoms with E-state index in [9.17, 15) is 14.0 Å². The van der Waals surface area contributed by atoms with Crippen molar-refractivity contribution in [1.29, 1.82) is 0 Å². The smallest absolute Gasteiger partial charge is 0.410 e. The molecule has 1 saturated heterocycles. The molecule has 3 aromatic rings. The minimum atomic E-state index is -0.720. The highest BCUT2D eigenvalue weighted by Crippen LogP contribution is 2.28. The van der Waals surface area contributed by atoms with E-state index in [4.69, 9.17) is 16.3 Å². The molecular weight excluding hydrogens is 509 g/mol. The van der Waals surface area contributed by atoms with E-state index in [2.05, 4.69) is 27.2 Å². The van der Waals surface area contributed by atoms with E-state index in [0.717, 1.165) is 5.56 Å². The van der Waals surface area contributed by atoms with E-state index < -0.39 is 17.3 Å². The molecule has 0 aliphatic carbocycles. The molecule has 2 aromatic heterocycles. The number of halogens is 2. The van der Waals surface area contributed by atoms with Crippen molar-refractivity contribution in [3.05, 3.63) is 76.5 Å². The number of hydrogen-bond donors (Lipinski definition) is 1. The maximum atomic E-state index is 14.8. The van der Waals surface area contributed by atoms with E-state index in [0.29, 0.717) is 37.9 Å². The van der Waals surface area contributed by atoms with Gasteiger partial charge in [0.05, 0.1) is 17.3 Å². The Hall–Kier alpha value is -3.90. The van der Waals surface area contributed by atoms with Crippen molar-refractivity contribution in [3.63, 3.8) is 0 Å². The second kappa shape index (κ2) is 11.7. The van der Waals surface area contributed by atoms with E-state index in [-0.39, 0.29) is 28.7 Å². The van der Waals surface area contributed by atoms with Crippen LogP contribution in [0.4, 0.5) is 15.0 Å². The van der Waals surface area contributed by atoms with Crippen LogP contribution in [0.25, 0.3) is 0 Å². The number of ether oxygens (including phenoxy) is 1. The quantitative estimate of drug-likeness (QED) is 0.434. The molecule has 0 bridgehead atoms. The van der Waals surface area contributed by atoms with Gasteiger partial charge in [-0.1, -0.05) is 41.6 Å². The van der Waals surface area contributed by atoms with Gasteiger partial charge in [-0.25, -0.2) is 14.2 Å². The van der Waals surface area contributed by atoms with Crippen molar-refractivity contribution < 1.29 is 18.7 Å². The lowest BCUT2D eigenvalue weighted by molar-refractivity contribution is 0.0255. The predicted octanol–water partition coefficient (Wildman–Crippen LogP) is 5.68. The third-order valence-electron chi connectivity index (χ3n) is 5.86. The summed E-state index contributed by atoms with van der Waals surface area (Å²) in [6, 6.07) is 10.4. The highest BCUT2D eigenvalue weighted by molar-refractivity contribution is 6.34. The molecule has 2 amide bonds. The molecule has 1 N–H and O–H groups in total. The third kappa shape index (κ3) is 6.90. The van der Waals surface area contributed by atoms with Crippen LogP contribution in [0, 0.1) is 17.7 Å². The monoisotopic (exact) mass is 537 g/mol. The number of amides is 2. The molecule has 0 spiro atoms. The molecule has 0 radical (unpaired) electrons. The van der Waals surface area contributed by atoms with Crippen LogP contribution in [0.3, 0.4) is 0 Å². The van der Waals surface area contributed by atoms with Crippen LogP contribution in [0.15, 0.2) is 48.8 Å². The van der Waals surface area contributed by atoms with Gasteiger partial charge in [-0.3, -0.25) is 9.48 Å². The van der Waals surface area contributed by atoms with Crippen LogP contribution in [0.2, 0.25) is 5.02 Å². The first-order chi connectivity index (χ1) is 18.1. The summed E-state index contributed by atoms with van der Waals surface area (Å²) in [6.07, 6.45) is 4.35. The average molecular weight is 538 g/mol. The van der Waals surface area contributed by atoms with Crippen molar-refractivity contribution in [3.8, 4) is 11.8 Å². The SMILES string of the molecule is CC(C)(C)OC(=O)N1CCCC(n2ncc(Cl)c2C(=O)Nc2ncc(C#Cc3ccccc3)cc2F)CC1. The molecule has 198 valence electrons. The third-order valence-corrected chi connectivity index (χ3v) is 6.14. The van der Waals surface area contributed by atoms with Crippen LogP contribution in [-0.4, -0.2) is 50.4 Å². The van der Waals surface area contributed by atoms with Gasteiger partial charge < -0.3 is 15.0 Å². The van der Waals surface area contributed by atoms with Crippen molar-refractivity contribution in [2.45, 2.75) is 51.7 Å². The minimum absolute atomic E-state index is 0.108. The van der Waals surface area contributed by atoms with Crippen molar-refractivity contribution >= 4 is 29.4 Å². The maximum Gasteiger partial charge on any atom is 0.410 e. The first-order valence-electron chi connectivity index (χ1n) is 12.4. The van der Waals surface area contributed by atoms with Gasteiger partial charge in [0.15, 0.2) is 11.6 Å². The second-order valence-corrected chi connectivity index (χ2v) is 10.4. The van der Waals surface area contributed by atoms with Crippen LogP contribution < -0.4 is 5.32 Å². The van der Waals surface area contributed by atoms with Crippen LogP contribution >= 0.6 is 11.6 Å². The lowest BCUT2D eigenvalue weighted by Gasteiger charge is -2.26. The van der Waals surface area contributed by atoms with Crippen molar-refractivity contribution in [1.82, 2.24) is 19.7 Å². The zero-order valence-corrected chi connectivity index (χ0v) is 22.3. The van der Waals surface area contributed by atoms with Crippen molar-refractivity contribution in [2.75, 3.05) is 18.4 Å². The van der Waals surface area contributed by atoms with Gasteiger partial charge in [0, 0.05) is 30.4 Å². The number of pyridine rings is 1. The van der Waals surface area contributed by atoms with Crippen LogP contribution in [0.1, 0.15) is 67.7 Å². The van der Waals surface area contributed by atoms with Crippen molar-refractivity contribution in [2.24, 2.45) is 0 Å².